The molecular weight excluding hydrogens is 292 g/mol. The van der Waals surface area contributed by atoms with Crippen LogP contribution in [0.3, 0.4) is 0 Å². The van der Waals surface area contributed by atoms with Crippen LogP contribution in [0.1, 0.15) is 28.3 Å². The third-order valence-corrected chi connectivity index (χ3v) is 4.02. The standard InChI is InChI=1S/C17H18ClF2N/c1-10-4-5-11(2)12(6-10)7-17(21-3)13-8-15(19)16(20)9-14(13)18/h4-6,8-9,17,21H,7H2,1-3H3. The first-order valence-electron chi connectivity index (χ1n) is 6.80. The first-order valence-corrected chi connectivity index (χ1v) is 7.18. The molecule has 0 radical (unpaired) electrons. The number of hydrogen-bond acceptors (Lipinski definition) is 1. The topological polar surface area (TPSA) is 12.0 Å². The lowest BCUT2D eigenvalue weighted by Gasteiger charge is -2.20. The van der Waals surface area contributed by atoms with Gasteiger partial charge in [-0.2, -0.15) is 0 Å². The Labute approximate surface area is 128 Å². The Morgan fingerprint density at radius 1 is 1.10 bits per heavy atom. The van der Waals surface area contributed by atoms with Crippen molar-refractivity contribution in [1.82, 2.24) is 5.32 Å². The quantitative estimate of drug-likeness (QED) is 0.805. The normalized spacial score (nSPS) is 12.5. The number of rotatable bonds is 4. The van der Waals surface area contributed by atoms with Crippen LogP contribution in [0.25, 0.3) is 0 Å². The molecule has 0 fully saturated rings. The Balaban J connectivity index is 2.36. The summed E-state index contributed by atoms with van der Waals surface area (Å²) >= 11 is 6.07. The second kappa shape index (κ2) is 6.54. The van der Waals surface area contributed by atoms with Crippen molar-refractivity contribution in [3.63, 3.8) is 0 Å². The van der Waals surface area contributed by atoms with Gasteiger partial charge in [-0.15, -0.1) is 0 Å². The Morgan fingerprint density at radius 3 is 2.43 bits per heavy atom. The van der Waals surface area contributed by atoms with Crippen molar-refractivity contribution in [2.75, 3.05) is 7.05 Å². The molecule has 112 valence electrons. The average Bonchev–Trinajstić information content (AvgIpc) is 2.44. The van der Waals surface area contributed by atoms with Gasteiger partial charge in [0.2, 0.25) is 0 Å². The van der Waals surface area contributed by atoms with E-state index < -0.39 is 11.6 Å². The van der Waals surface area contributed by atoms with E-state index >= 15 is 0 Å². The molecule has 2 aromatic rings. The van der Waals surface area contributed by atoms with Crippen molar-refractivity contribution in [3.05, 3.63) is 69.2 Å². The predicted molar refractivity (Wildman–Crippen MR) is 82.8 cm³/mol. The molecule has 0 saturated heterocycles. The van der Waals surface area contributed by atoms with E-state index in [9.17, 15) is 8.78 Å². The SMILES string of the molecule is CNC(Cc1cc(C)ccc1C)c1cc(F)c(F)cc1Cl. The van der Waals surface area contributed by atoms with Crippen molar-refractivity contribution in [2.24, 2.45) is 0 Å². The van der Waals surface area contributed by atoms with E-state index in [1.54, 1.807) is 7.05 Å². The maximum Gasteiger partial charge on any atom is 0.160 e. The van der Waals surface area contributed by atoms with Crippen LogP contribution in [0.15, 0.2) is 30.3 Å². The maximum atomic E-state index is 13.5. The summed E-state index contributed by atoms with van der Waals surface area (Å²) in [5, 5.41) is 3.36. The van der Waals surface area contributed by atoms with E-state index in [1.165, 1.54) is 17.2 Å². The minimum absolute atomic E-state index is 0.173. The molecule has 0 aromatic heterocycles. The lowest BCUT2D eigenvalue weighted by molar-refractivity contribution is 0.501. The van der Waals surface area contributed by atoms with E-state index in [-0.39, 0.29) is 11.1 Å². The van der Waals surface area contributed by atoms with E-state index in [1.807, 2.05) is 13.8 Å². The van der Waals surface area contributed by atoms with Crippen molar-refractivity contribution in [3.8, 4) is 0 Å². The van der Waals surface area contributed by atoms with Crippen LogP contribution in [0.2, 0.25) is 5.02 Å². The summed E-state index contributed by atoms with van der Waals surface area (Å²) in [5.41, 5.74) is 4.07. The molecule has 0 amide bonds. The van der Waals surface area contributed by atoms with E-state index in [0.29, 0.717) is 12.0 Å². The minimum Gasteiger partial charge on any atom is -0.313 e. The van der Waals surface area contributed by atoms with Crippen molar-refractivity contribution in [2.45, 2.75) is 26.3 Å². The molecule has 0 aliphatic carbocycles. The zero-order valence-electron chi connectivity index (χ0n) is 12.3. The van der Waals surface area contributed by atoms with Crippen molar-refractivity contribution >= 4 is 11.6 Å². The summed E-state index contributed by atoms with van der Waals surface area (Å²) in [7, 11) is 1.79. The van der Waals surface area contributed by atoms with Gasteiger partial charge in [-0.3, -0.25) is 0 Å². The van der Waals surface area contributed by atoms with Gasteiger partial charge in [-0.25, -0.2) is 8.78 Å². The Bertz CT molecular complexity index is 655. The molecule has 1 atom stereocenters. The van der Waals surface area contributed by atoms with Crippen LogP contribution in [0, 0.1) is 25.5 Å². The van der Waals surface area contributed by atoms with Crippen molar-refractivity contribution in [1.29, 1.82) is 0 Å². The fraction of sp³-hybridized carbons (Fsp3) is 0.294. The van der Waals surface area contributed by atoms with Gasteiger partial charge in [-0.05, 0) is 56.1 Å². The van der Waals surface area contributed by atoms with Crippen LogP contribution in [-0.4, -0.2) is 7.05 Å². The van der Waals surface area contributed by atoms with Gasteiger partial charge in [0.15, 0.2) is 11.6 Å². The summed E-state index contributed by atoms with van der Waals surface area (Å²) < 4.78 is 26.7. The zero-order valence-corrected chi connectivity index (χ0v) is 13.1. The van der Waals surface area contributed by atoms with Crippen LogP contribution in [-0.2, 0) is 6.42 Å². The summed E-state index contributed by atoms with van der Waals surface area (Å²) in [5.74, 6) is -1.80. The number of likely N-dealkylation sites (N-methyl/N-ethyl adjacent to an activating group) is 1. The van der Waals surface area contributed by atoms with Gasteiger partial charge in [-0.1, -0.05) is 35.4 Å². The summed E-state index contributed by atoms with van der Waals surface area (Å²) in [6.45, 7) is 4.07. The molecule has 0 bridgehead atoms. The molecule has 1 N–H and O–H groups in total. The second-order valence-electron chi connectivity index (χ2n) is 5.26. The third-order valence-electron chi connectivity index (χ3n) is 3.69. The third kappa shape index (κ3) is 3.60. The molecule has 0 spiro atoms. The lowest BCUT2D eigenvalue weighted by atomic mass is 9.95. The molecule has 1 unspecified atom stereocenters. The number of halogens is 3. The van der Waals surface area contributed by atoms with Crippen LogP contribution < -0.4 is 5.32 Å². The molecule has 21 heavy (non-hydrogen) atoms. The first kappa shape index (κ1) is 15.9. The highest BCUT2D eigenvalue weighted by Gasteiger charge is 2.17. The number of benzene rings is 2. The van der Waals surface area contributed by atoms with Gasteiger partial charge in [0.1, 0.15) is 0 Å². The predicted octanol–water partition coefficient (Wildman–Crippen LogP) is 4.74. The minimum atomic E-state index is -0.926. The highest BCUT2D eigenvalue weighted by atomic mass is 35.5. The lowest BCUT2D eigenvalue weighted by Crippen LogP contribution is -2.20. The average molecular weight is 310 g/mol. The Morgan fingerprint density at radius 2 is 1.76 bits per heavy atom. The van der Waals surface area contributed by atoms with Crippen LogP contribution >= 0.6 is 11.6 Å². The summed E-state index contributed by atoms with van der Waals surface area (Å²) in [6, 6.07) is 8.24. The van der Waals surface area contributed by atoms with E-state index in [2.05, 4.69) is 23.5 Å². The van der Waals surface area contributed by atoms with Crippen molar-refractivity contribution < 1.29 is 8.78 Å². The van der Waals surface area contributed by atoms with Gasteiger partial charge in [0.05, 0.1) is 0 Å². The van der Waals surface area contributed by atoms with Gasteiger partial charge < -0.3 is 5.32 Å². The molecule has 0 saturated carbocycles. The number of hydrogen-bond donors (Lipinski definition) is 1. The highest BCUT2D eigenvalue weighted by molar-refractivity contribution is 6.31. The Hall–Kier alpha value is -1.45. The molecule has 4 heteroatoms. The summed E-state index contributed by atoms with van der Waals surface area (Å²) in [6.07, 6.45) is 0.662. The van der Waals surface area contributed by atoms with Gasteiger partial charge in [0, 0.05) is 11.1 Å². The van der Waals surface area contributed by atoms with Gasteiger partial charge in [0.25, 0.3) is 0 Å². The highest BCUT2D eigenvalue weighted by Crippen LogP contribution is 2.29. The molecule has 0 heterocycles. The molecule has 1 nitrogen and oxygen atoms in total. The van der Waals surface area contributed by atoms with Crippen LogP contribution in [0.4, 0.5) is 8.78 Å². The molecule has 0 aliphatic rings. The molecular formula is C17H18ClF2N. The molecule has 2 rings (SSSR count). The van der Waals surface area contributed by atoms with E-state index in [0.717, 1.165) is 11.6 Å². The fourth-order valence-corrected chi connectivity index (χ4v) is 2.69. The van der Waals surface area contributed by atoms with Gasteiger partial charge >= 0.3 is 0 Å². The zero-order chi connectivity index (χ0) is 15.6. The Kier molecular flexibility index (Phi) is 4.96. The fourth-order valence-electron chi connectivity index (χ4n) is 2.41. The monoisotopic (exact) mass is 309 g/mol. The first-order chi connectivity index (χ1) is 9.92. The van der Waals surface area contributed by atoms with E-state index in [4.69, 9.17) is 11.6 Å². The maximum absolute atomic E-state index is 13.5. The molecule has 0 aliphatic heterocycles. The number of aryl methyl sites for hydroxylation is 2. The number of nitrogens with one attached hydrogen (secondary N) is 1. The summed E-state index contributed by atoms with van der Waals surface area (Å²) in [4.78, 5) is 0. The molecule has 2 aromatic carbocycles. The second-order valence-corrected chi connectivity index (χ2v) is 5.67. The largest absolute Gasteiger partial charge is 0.313 e. The smallest absolute Gasteiger partial charge is 0.160 e. The van der Waals surface area contributed by atoms with Crippen LogP contribution in [0.5, 0.6) is 0 Å².